The maximum atomic E-state index is 12.1. The van der Waals surface area contributed by atoms with Gasteiger partial charge in [0, 0.05) is 18.4 Å². The molecular weight excluding hydrogens is 312 g/mol. The van der Waals surface area contributed by atoms with Crippen LogP contribution in [0.15, 0.2) is 12.1 Å². The number of fused-ring (bicyclic) bond motifs is 1. The van der Waals surface area contributed by atoms with Gasteiger partial charge in [0.1, 0.15) is 5.75 Å². The highest BCUT2D eigenvalue weighted by Gasteiger charge is 2.24. The van der Waals surface area contributed by atoms with Crippen molar-refractivity contribution < 1.29 is 28.5 Å². The van der Waals surface area contributed by atoms with Gasteiger partial charge in [-0.05, 0) is 25.5 Å². The zero-order chi connectivity index (χ0) is 18.0. The Bertz CT molecular complexity index is 822. The molecule has 24 heavy (non-hydrogen) atoms. The van der Waals surface area contributed by atoms with Crippen molar-refractivity contribution in [3.05, 3.63) is 23.3 Å². The average Bonchev–Trinajstić information content (AvgIpc) is 2.51. The predicted octanol–water partition coefficient (Wildman–Crippen LogP) is 3.30. The summed E-state index contributed by atoms with van der Waals surface area (Å²) in [5, 5.41) is 1.12. The second-order valence-electron chi connectivity index (χ2n) is 5.28. The van der Waals surface area contributed by atoms with Crippen LogP contribution in [-0.4, -0.2) is 33.1 Å². The van der Waals surface area contributed by atoms with Gasteiger partial charge in [-0.1, -0.05) is 0 Å². The quantitative estimate of drug-likeness (QED) is 0.475. The van der Waals surface area contributed by atoms with E-state index in [1.807, 2.05) is 0 Å². The lowest BCUT2D eigenvalue weighted by atomic mass is 9.96. The van der Waals surface area contributed by atoms with Gasteiger partial charge in [0.05, 0.1) is 32.3 Å². The molecule has 0 N–H and O–H groups in total. The number of esters is 1. The van der Waals surface area contributed by atoms with Crippen molar-refractivity contribution in [3.63, 3.8) is 0 Å². The van der Waals surface area contributed by atoms with E-state index < -0.39 is 5.97 Å². The highest BCUT2D eigenvalue weighted by atomic mass is 16.5. The molecule has 0 atom stereocenters. The SMILES string of the molecule is COc1cc(OC)c2c(OC(C)=O)c(C(C)=O)c(C)cc2c1OC. The molecule has 0 saturated heterocycles. The minimum absolute atomic E-state index is 0.169. The molecule has 6 heteroatoms. The van der Waals surface area contributed by atoms with Crippen LogP contribution in [-0.2, 0) is 4.79 Å². The fourth-order valence-electron chi connectivity index (χ4n) is 2.81. The van der Waals surface area contributed by atoms with E-state index in [4.69, 9.17) is 18.9 Å². The predicted molar refractivity (Wildman–Crippen MR) is 89.7 cm³/mol. The van der Waals surface area contributed by atoms with Gasteiger partial charge in [-0.25, -0.2) is 0 Å². The van der Waals surface area contributed by atoms with Crippen LogP contribution in [0.3, 0.4) is 0 Å². The molecule has 0 unspecified atom stereocenters. The summed E-state index contributed by atoms with van der Waals surface area (Å²) in [5.74, 6) is 0.804. The molecule has 2 aromatic rings. The van der Waals surface area contributed by atoms with E-state index in [1.54, 1.807) is 19.1 Å². The number of benzene rings is 2. The van der Waals surface area contributed by atoms with Gasteiger partial charge in [0.15, 0.2) is 23.0 Å². The van der Waals surface area contributed by atoms with Crippen molar-refractivity contribution >= 4 is 22.5 Å². The summed E-state index contributed by atoms with van der Waals surface area (Å²) in [6, 6.07) is 3.43. The molecule has 0 aliphatic carbocycles. The van der Waals surface area contributed by atoms with Gasteiger partial charge < -0.3 is 18.9 Å². The number of rotatable bonds is 5. The topological polar surface area (TPSA) is 71.1 Å². The number of Topliss-reactive ketones (excluding diaryl/α,β-unsaturated/α-hetero) is 1. The van der Waals surface area contributed by atoms with Crippen molar-refractivity contribution in [1.29, 1.82) is 0 Å². The third kappa shape index (κ3) is 2.87. The van der Waals surface area contributed by atoms with E-state index in [0.717, 1.165) is 0 Å². The summed E-state index contributed by atoms with van der Waals surface area (Å²) in [6.07, 6.45) is 0. The first kappa shape index (κ1) is 17.6. The maximum absolute atomic E-state index is 12.1. The number of ether oxygens (including phenoxy) is 4. The lowest BCUT2D eigenvalue weighted by Gasteiger charge is -2.19. The van der Waals surface area contributed by atoms with E-state index in [1.165, 1.54) is 35.2 Å². The third-order valence-corrected chi connectivity index (χ3v) is 3.70. The van der Waals surface area contributed by atoms with Crippen LogP contribution in [0.2, 0.25) is 0 Å². The molecule has 6 nitrogen and oxygen atoms in total. The highest BCUT2D eigenvalue weighted by Crippen LogP contribution is 2.47. The van der Waals surface area contributed by atoms with E-state index in [2.05, 4.69) is 0 Å². The zero-order valence-electron chi connectivity index (χ0n) is 14.6. The smallest absolute Gasteiger partial charge is 0.308 e. The van der Waals surface area contributed by atoms with Crippen LogP contribution in [0.25, 0.3) is 10.8 Å². The lowest BCUT2D eigenvalue weighted by molar-refractivity contribution is -0.131. The fraction of sp³-hybridized carbons (Fsp3) is 0.333. The van der Waals surface area contributed by atoms with E-state index >= 15 is 0 Å². The van der Waals surface area contributed by atoms with Crippen molar-refractivity contribution in [1.82, 2.24) is 0 Å². The van der Waals surface area contributed by atoms with Gasteiger partial charge in [-0.3, -0.25) is 9.59 Å². The van der Waals surface area contributed by atoms with Gasteiger partial charge in [0.2, 0.25) is 0 Å². The van der Waals surface area contributed by atoms with Crippen molar-refractivity contribution in [2.24, 2.45) is 0 Å². The number of hydrogen-bond donors (Lipinski definition) is 0. The van der Waals surface area contributed by atoms with E-state index in [9.17, 15) is 9.59 Å². The van der Waals surface area contributed by atoms with Gasteiger partial charge in [0.25, 0.3) is 0 Å². The second-order valence-corrected chi connectivity index (χ2v) is 5.28. The average molecular weight is 332 g/mol. The molecule has 2 aromatic carbocycles. The summed E-state index contributed by atoms with van der Waals surface area (Å²) >= 11 is 0. The van der Waals surface area contributed by atoms with Crippen molar-refractivity contribution in [2.45, 2.75) is 20.8 Å². The molecular formula is C18H20O6. The Labute approximate surface area is 140 Å². The minimum Gasteiger partial charge on any atom is -0.496 e. The molecule has 0 amide bonds. The Morgan fingerprint density at radius 2 is 1.50 bits per heavy atom. The Hall–Kier alpha value is -2.76. The second kappa shape index (κ2) is 6.78. The molecule has 0 aliphatic rings. The van der Waals surface area contributed by atoms with Gasteiger partial charge in [-0.15, -0.1) is 0 Å². The summed E-state index contributed by atoms with van der Waals surface area (Å²) in [4.78, 5) is 23.7. The molecule has 0 radical (unpaired) electrons. The molecule has 0 aromatic heterocycles. The third-order valence-electron chi connectivity index (χ3n) is 3.70. The van der Waals surface area contributed by atoms with Crippen LogP contribution in [0.1, 0.15) is 29.8 Å². The molecule has 128 valence electrons. The Morgan fingerprint density at radius 3 is 1.96 bits per heavy atom. The molecule has 0 aliphatic heterocycles. The van der Waals surface area contributed by atoms with Crippen LogP contribution < -0.4 is 18.9 Å². The first-order valence-corrected chi connectivity index (χ1v) is 7.31. The number of methoxy groups -OCH3 is 3. The largest absolute Gasteiger partial charge is 0.496 e. The van der Waals surface area contributed by atoms with Crippen molar-refractivity contribution in [3.8, 4) is 23.0 Å². The molecule has 0 fully saturated rings. The standard InChI is InChI=1S/C18H20O6/c1-9-7-12-16(18(24-11(3)20)15(9)10(2)19)13(21-4)8-14(22-5)17(12)23-6/h7-8H,1-6H3. The summed E-state index contributed by atoms with van der Waals surface area (Å²) in [7, 11) is 4.53. The summed E-state index contributed by atoms with van der Waals surface area (Å²) in [5.41, 5.74) is 1.00. The maximum Gasteiger partial charge on any atom is 0.308 e. The van der Waals surface area contributed by atoms with E-state index in [-0.39, 0.29) is 11.5 Å². The van der Waals surface area contributed by atoms with Gasteiger partial charge >= 0.3 is 5.97 Å². The first-order valence-electron chi connectivity index (χ1n) is 7.31. The Morgan fingerprint density at radius 1 is 0.875 bits per heavy atom. The van der Waals surface area contributed by atoms with Gasteiger partial charge in [-0.2, -0.15) is 0 Å². The van der Waals surface area contributed by atoms with E-state index in [0.29, 0.717) is 39.1 Å². The van der Waals surface area contributed by atoms with Crippen LogP contribution in [0.5, 0.6) is 23.0 Å². The molecule has 0 spiro atoms. The fourth-order valence-corrected chi connectivity index (χ4v) is 2.81. The Kier molecular flexibility index (Phi) is 4.97. The molecule has 0 heterocycles. The van der Waals surface area contributed by atoms with Crippen LogP contribution >= 0.6 is 0 Å². The first-order chi connectivity index (χ1) is 11.3. The molecule has 2 rings (SSSR count). The minimum atomic E-state index is -0.527. The monoisotopic (exact) mass is 332 g/mol. The van der Waals surface area contributed by atoms with Crippen LogP contribution in [0.4, 0.5) is 0 Å². The molecule has 0 saturated carbocycles. The summed E-state index contributed by atoms with van der Waals surface area (Å²) < 4.78 is 21.6. The zero-order valence-corrected chi connectivity index (χ0v) is 14.6. The number of carbonyl (C=O) groups excluding carboxylic acids is 2. The van der Waals surface area contributed by atoms with Crippen molar-refractivity contribution in [2.75, 3.05) is 21.3 Å². The number of aryl methyl sites for hydroxylation is 1. The Balaban J connectivity index is 3.07. The molecule has 0 bridgehead atoms. The normalized spacial score (nSPS) is 10.4. The highest BCUT2D eigenvalue weighted by molar-refractivity contribution is 6.10. The number of hydrogen-bond acceptors (Lipinski definition) is 6. The number of carbonyl (C=O) groups is 2. The number of ketones is 1. The lowest BCUT2D eigenvalue weighted by Crippen LogP contribution is -2.09. The van der Waals surface area contributed by atoms with Crippen LogP contribution in [0, 0.1) is 6.92 Å². The summed E-state index contributed by atoms with van der Waals surface area (Å²) in [6.45, 7) is 4.48.